The Morgan fingerprint density at radius 3 is 2.28 bits per heavy atom. The molecular formula is C19H19NO4S. The van der Waals surface area contributed by atoms with Crippen molar-refractivity contribution < 1.29 is 17.9 Å². The highest BCUT2D eigenvalue weighted by Crippen LogP contribution is 2.33. The number of benzene rings is 3. The number of rotatable bonds is 5. The van der Waals surface area contributed by atoms with Gasteiger partial charge in [0, 0.05) is 11.5 Å². The van der Waals surface area contributed by atoms with Gasteiger partial charge in [-0.15, -0.1) is 0 Å². The van der Waals surface area contributed by atoms with Crippen LogP contribution in [0.15, 0.2) is 59.5 Å². The lowest BCUT2D eigenvalue weighted by molar-refractivity contribution is 0.405. The molecule has 0 amide bonds. The van der Waals surface area contributed by atoms with Crippen molar-refractivity contribution in [2.24, 2.45) is 0 Å². The molecule has 0 aliphatic heterocycles. The van der Waals surface area contributed by atoms with E-state index in [-0.39, 0.29) is 4.90 Å². The van der Waals surface area contributed by atoms with Gasteiger partial charge in [-0.1, -0.05) is 30.3 Å². The maximum atomic E-state index is 13.0. The highest BCUT2D eigenvalue weighted by Gasteiger charge is 2.20. The summed E-state index contributed by atoms with van der Waals surface area (Å²) in [5.41, 5.74) is 1.35. The van der Waals surface area contributed by atoms with Crippen molar-refractivity contribution in [1.82, 2.24) is 0 Å². The molecule has 0 unspecified atom stereocenters. The summed E-state index contributed by atoms with van der Waals surface area (Å²) >= 11 is 0. The van der Waals surface area contributed by atoms with Gasteiger partial charge < -0.3 is 9.47 Å². The summed E-state index contributed by atoms with van der Waals surface area (Å²) in [7, 11) is -0.791. The molecule has 0 radical (unpaired) electrons. The van der Waals surface area contributed by atoms with Crippen LogP contribution in [0.3, 0.4) is 0 Å². The summed E-state index contributed by atoms with van der Waals surface area (Å²) in [6.45, 7) is 1.96. The SMILES string of the molecule is COc1ccc(OC)c(NS(=O)(=O)c2ccc(C)c3ccccc23)c1. The van der Waals surface area contributed by atoms with E-state index < -0.39 is 10.0 Å². The van der Waals surface area contributed by atoms with Gasteiger partial charge in [0.15, 0.2) is 0 Å². The number of hydrogen-bond donors (Lipinski definition) is 1. The van der Waals surface area contributed by atoms with Crippen molar-refractivity contribution >= 4 is 26.5 Å². The van der Waals surface area contributed by atoms with E-state index in [4.69, 9.17) is 9.47 Å². The van der Waals surface area contributed by atoms with Gasteiger partial charge in [0.2, 0.25) is 0 Å². The third-order valence-corrected chi connectivity index (χ3v) is 5.47. The van der Waals surface area contributed by atoms with Crippen LogP contribution in [0, 0.1) is 6.92 Å². The Bertz CT molecular complexity index is 1030. The van der Waals surface area contributed by atoms with Gasteiger partial charge in [0.25, 0.3) is 10.0 Å². The largest absolute Gasteiger partial charge is 0.497 e. The lowest BCUT2D eigenvalue weighted by Crippen LogP contribution is -2.14. The molecular weight excluding hydrogens is 338 g/mol. The quantitative estimate of drug-likeness (QED) is 0.750. The van der Waals surface area contributed by atoms with Crippen molar-refractivity contribution in [3.63, 3.8) is 0 Å². The summed E-state index contributed by atoms with van der Waals surface area (Å²) in [4.78, 5) is 0.221. The van der Waals surface area contributed by atoms with E-state index in [1.165, 1.54) is 14.2 Å². The number of anilines is 1. The number of aryl methyl sites for hydroxylation is 1. The normalized spacial score (nSPS) is 11.3. The minimum absolute atomic E-state index is 0.221. The Hall–Kier alpha value is -2.73. The van der Waals surface area contributed by atoms with Crippen molar-refractivity contribution in [3.8, 4) is 11.5 Å². The molecule has 0 saturated heterocycles. The minimum Gasteiger partial charge on any atom is -0.497 e. The average molecular weight is 357 g/mol. The minimum atomic E-state index is -3.80. The number of fused-ring (bicyclic) bond motifs is 1. The first-order valence-corrected chi connectivity index (χ1v) is 9.18. The zero-order valence-corrected chi connectivity index (χ0v) is 15.1. The monoisotopic (exact) mass is 357 g/mol. The molecule has 3 rings (SSSR count). The zero-order chi connectivity index (χ0) is 18.0. The van der Waals surface area contributed by atoms with Crippen LogP contribution in [0.5, 0.6) is 11.5 Å². The second-order valence-corrected chi connectivity index (χ2v) is 7.25. The van der Waals surface area contributed by atoms with Crippen LogP contribution in [0.1, 0.15) is 5.56 Å². The fourth-order valence-electron chi connectivity index (χ4n) is 2.75. The summed E-state index contributed by atoms with van der Waals surface area (Å²) in [5, 5.41) is 1.58. The Balaban J connectivity index is 2.11. The van der Waals surface area contributed by atoms with Crippen molar-refractivity contribution in [3.05, 3.63) is 60.2 Å². The Kier molecular flexibility index (Phi) is 4.55. The first kappa shape index (κ1) is 17.1. The van der Waals surface area contributed by atoms with E-state index in [9.17, 15) is 8.42 Å². The third kappa shape index (κ3) is 3.25. The summed E-state index contributed by atoms with van der Waals surface area (Å²) in [6, 6.07) is 15.8. The lowest BCUT2D eigenvalue weighted by atomic mass is 10.1. The van der Waals surface area contributed by atoms with E-state index in [1.807, 2.05) is 25.1 Å². The molecule has 5 nitrogen and oxygen atoms in total. The second-order valence-electron chi connectivity index (χ2n) is 5.60. The predicted molar refractivity (Wildman–Crippen MR) is 99.0 cm³/mol. The number of nitrogens with one attached hydrogen (secondary N) is 1. The van der Waals surface area contributed by atoms with Crippen LogP contribution >= 0.6 is 0 Å². The standard InChI is InChI=1S/C19H19NO4S/c1-13-8-11-19(16-7-5-4-6-15(13)16)25(21,22)20-17-12-14(23-2)9-10-18(17)24-3/h4-12,20H,1-3H3. The van der Waals surface area contributed by atoms with E-state index >= 15 is 0 Å². The number of sulfonamides is 1. The maximum absolute atomic E-state index is 13.0. The first-order chi connectivity index (χ1) is 12.0. The van der Waals surface area contributed by atoms with Crippen LogP contribution in [-0.4, -0.2) is 22.6 Å². The molecule has 1 N–H and O–H groups in total. The van der Waals surface area contributed by atoms with Crippen LogP contribution < -0.4 is 14.2 Å². The molecule has 0 heterocycles. The van der Waals surface area contributed by atoms with Gasteiger partial charge in [0.05, 0.1) is 24.8 Å². The van der Waals surface area contributed by atoms with Crippen LogP contribution in [0.25, 0.3) is 10.8 Å². The van der Waals surface area contributed by atoms with Gasteiger partial charge in [-0.05, 0) is 36.1 Å². The zero-order valence-electron chi connectivity index (χ0n) is 14.2. The molecule has 0 aliphatic carbocycles. The van der Waals surface area contributed by atoms with Crippen molar-refractivity contribution in [2.75, 3.05) is 18.9 Å². The molecule has 0 bridgehead atoms. The maximum Gasteiger partial charge on any atom is 0.262 e. The van der Waals surface area contributed by atoms with Gasteiger partial charge in [-0.3, -0.25) is 4.72 Å². The first-order valence-electron chi connectivity index (χ1n) is 7.69. The highest BCUT2D eigenvalue weighted by molar-refractivity contribution is 7.93. The van der Waals surface area contributed by atoms with Gasteiger partial charge >= 0.3 is 0 Å². The highest BCUT2D eigenvalue weighted by atomic mass is 32.2. The van der Waals surface area contributed by atoms with Crippen LogP contribution in [-0.2, 0) is 10.0 Å². The summed E-state index contributed by atoms with van der Waals surface area (Å²) in [5.74, 6) is 0.952. The van der Waals surface area contributed by atoms with Gasteiger partial charge in [-0.2, -0.15) is 0 Å². The fourth-order valence-corrected chi connectivity index (χ4v) is 4.02. The smallest absolute Gasteiger partial charge is 0.262 e. The van der Waals surface area contributed by atoms with E-state index in [2.05, 4.69) is 4.72 Å². The van der Waals surface area contributed by atoms with Gasteiger partial charge in [0.1, 0.15) is 11.5 Å². The van der Waals surface area contributed by atoms with Crippen LogP contribution in [0.2, 0.25) is 0 Å². The van der Waals surface area contributed by atoms with E-state index in [0.29, 0.717) is 22.6 Å². The van der Waals surface area contributed by atoms with Gasteiger partial charge in [-0.25, -0.2) is 8.42 Å². The molecule has 0 saturated carbocycles. The molecule has 3 aromatic carbocycles. The lowest BCUT2D eigenvalue weighted by Gasteiger charge is -2.15. The Labute approximate surface area is 147 Å². The fraction of sp³-hybridized carbons (Fsp3) is 0.158. The molecule has 6 heteroatoms. The molecule has 0 spiro atoms. The number of ether oxygens (including phenoxy) is 2. The number of methoxy groups -OCH3 is 2. The van der Waals surface area contributed by atoms with E-state index in [1.54, 1.807) is 36.4 Å². The molecule has 3 aromatic rings. The van der Waals surface area contributed by atoms with E-state index in [0.717, 1.165) is 10.9 Å². The molecule has 130 valence electrons. The Morgan fingerprint density at radius 1 is 0.880 bits per heavy atom. The summed E-state index contributed by atoms with van der Waals surface area (Å²) < 4.78 is 39.0. The van der Waals surface area contributed by atoms with Crippen molar-refractivity contribution in [1.29, 1.82) is 0 Å². The average Bonchev–Trinajstić information content (AvgIpc) is 2.61. The van der Waals surface area contributed by atoms with Crippen molar-refractivity contribution in [2.45, 2.75) is 11.8 Å². The predicted octanol–water partition coefficient (Wildman–Crippen LogP) is 3.97. The molecule has 0 aliphatic rings. The van der Waals surface area contributed by atoms with Crippen LogP contribution in [0.4, 0.5) is 5.69 Å². The number of hydrogen-bond acceptors (Lipinski definition) is 4. The molecule has 0 fully saturated rings. The molecule has 0 atom stereocenters. The Morgan fingerprint density at radius 2 is 1.60 bits per heavy atom. The summed E-state index contributed by atoms with van der Waals surface area (Å²) in [6.07, 6.45) is 0. The second kappa shape index (κ2) is 6.64. The molecule has 0 aromatic heterocycles. The third-order valence-electron chi connectivity index (χ3n) is 4.04. The topological polar surface area (TPSA) is 64.6 Å². The molecule has 25 heavy (non-hydrogen) atoms.